The number of aromatic nitrogens is 1. The van der Waals surface area contributed by atoms with E-state index in [1.165, 1.54) is 36.4 Å². The number of hydrogen-bond donors (Lipinski definition) is 1. The number of nitrogens with zero attached hydrogens (tertiary/aromatic N) is 1. The molecule has 1 radical (unpaired) electrons. The molecule has 2 heterocycles. The van der Waals surface area contributed by atoms with Crippen LogP contribution in [0.5, 0.6) is 0 Å². The predicted molar refractivity (Wildman–Crippen MR) is 129 cm³/mol. The number of aliphatic hydroxyl groups excluding tert-OH is 1. The van der Waals surface area contributed by atoms with Gasteiger partial charge < -0.3 is 14.5 Å². The van der Waals surface area contributed by atoms with Crippen molar-refractivity contribution < 1.29 is 34.4 Å². The van der Waals surface area contributed by atoms with Crippen molar-refractivity contribution in [3.8, 4) is 11.3 Å². The smallest absolute Gasteiger partial charge is 0.155 e. The molecule has 33 heavy (non-hydrogen) atoms. The normalized spacial score (nSPS) is 17.6. The average Bonchev–Trinajstić information content (AvgIpc) is 3.10. The summed E-state index contributed by atoms with van der Waals surface area (Å²) in [6.45, 7) is 7.56. The van der Waals surface area contributed by atoms with E-state index in [4.69, 9.17) is 9.52 Å². The first-order valence-electron chi connectivity index (χ1n) is 11.0. The van der Waals surface area contributed by atoms with Crippen LogP contribution in [0, 0.1) is 17.9 Å². The SMILES string of the molecule is CC(=O)/C=C(/C)O.CC1Cc2cc3oc4c(-c5[c-]cccc5)nccc4c3cc2CC1C.[Ir]. The zero-order valence-corrected chi connectivity index (χ0v) is 21.7. The van der Waals surface area contributed by atoms with Gasteiger partial charge in [-0.3, -0.25) is 4.79 Å². The quantitative estimate of drug-likeness (QED) is 0.152. The number of furan rings is 1. The van der Waals surface area contributed by atoms with E-state index >= 15 is 0 Å². The fourth-order valence-electron chi connectivity index (χ4n) is 4.34. The Bertz CT molecular complexity index is 1300. The van der Waals surface area contributed by atoms with Gasteiger partial charge in [-0.15, -0.1) is 35.9 Å². The summed E-state index contributed by atoms with van der Waals surface area (Å²) in [5.41, 5.74) is 6.60. The van der Waals surface area contributed by atoms with Crippen molar-refractivity contribution in [2.45, 2.75) is 40.5 Å². The van der Waals surface area contributed by atoms with Crippen LogP contribution in [0.3, 0.4) is 0 Å². The molecule has 173 valence electrons. The predicted octanol–water partition coefficient (Wildman–Crippen LogP) is 6.85. The molecule has 5 heteroatoms. The number of allylic oxidation sites excluding steroid dienone is 2. The molecule has 0 amide bonds. The number of fused-ring (bicyclic) bond motifs is 4. The number of carbonyl (C=O) groups excluding carboxylic acids is 1. The van der Waals surface area contributed by atoms with Gasteiger partial charge in [-0.1, -0.05) is 13.8 Å². The van der Waals surface area contributed by atoms with E-state index in [2.05, 4.69) is 43.1 Å². The molecule has 0 bridgehead atoms. The summed E-state index contributed by atoms with van der Waals surface area (Å²) in [5.74, 6) is 1.40. The van der Waals surface area contributed by atoms with Crippen molar-refractivity contribution in [1.82, 2.24) is 4.98 Å². The average molecular weight is 619 g/mol. The number of pyridine rings is 1. The Morgan fingerprint density at radius 3 is 2.36 bits per heavy atom. The number of aliphatic hydroxyl groups is 1. The Balaban J connectivity index is 0.000000337. The molecule has 5 rings (SSSR count). The minimum absolute atomic E-state index is 0. The Labute approximate surface area is 208 Å². The van der Waals surface area contributed by atoms with Gasteiger partial charge in [-0.25, -0.2) is 0 Å². The standard InChI is InChI=1S/C23H20NO.C5H8O2.Ir/c1-14-10-17-12-20-19-8-9-24-22(16-6-4-3-5-7-16)23(19)25-21(20)13-18(17)11-15(14)2;1-4(6)3-5(2)7;/h3-6,8-9,12-15H,10-11H2,1-2H3;3,6H,1-2H3;/q-1;;/b;4-3-;. The Hall–Kier alpha value is -2.75. The molecule has 0 saturated heterocycles. The zero-order valence-electron chi connectivity index (χ0n) is 19.3. The molecule has 2 atom stereocenters. The van der Waals surface area contributed by atoms with E-state index in [0.717, 1.165) is 52.5 Å². The molecule has 0 aliphatic heterocycles. The summed E-state index contributed by atoms with van der Waals surface area (Å²) in [5, 5.41) is 10.7. The maximum Gasteiger partial charge on any atom is 0.155 e. The first-order chi connectivity index (χ1) is 15.3. The number of hydrogen-bond acceptors (Lipinski definition) is 4. The minimum atomic E-state index is -0.125. The maximum atomic E-state index is 10.0. The van der Waals surface area contributed by atoms with Crippen LogP contribution in [0.1, 0.15) is 38.8 Å². The van der Waals surface area contributed by atoms with Gasteiger partial charge in [0, 0.05) is 48.8 Å². The molecular weight excluding hydrogens is 591 g/mol. The van der Waals surface area contributed by atoms with E-state index in [1.54, 1.807) is 0 Å². The van der Waals surface area contributed by atoms with Crippen LogP contribution < -0.4 is 0 Å². The Morgan fingerprint density at radius 1 is 1.09 bits per heavy atom. The third kappa shape index (κ3) is 5.43. The number of rotatable bonds is 2. The third-order valence-electron chi connectivity index (χ3n) is 6.14. The molecule has 4 nitrogen and oxygen atoms in total. The van der Waals surface area contributed by atoms with Gasteiger partial charge in [-0.2, -0.15) is 0 Å². The van der Waals surface area contributed by atoms with Gasteiger partial charge in [0.25, 0.3) is 0 Å². The van der Waals surface area contributed by atoms with Crippen molar-refractivity contribution in [3.05, 3.63) is 77.7 Å². The molecule has 1 aliphatic rings. The van der Waals surface area contributed by atoms with Crippen LogP contribution in [0.4, 0.5) is 0 Å². The molecule has 1 N–H and O–H groups in total. The number of ketones is 1. The van der Waals surface area contributed by atoms with E-state index in [0.29, 0.717) is 0 Å². The van der Waals surface area contributed by atoms with Gasteiger partial charge in [0.05, 0.1) is 5.76 Å². The van der Waals surface area contributed by atoms with Gasteiger partial charge in [-0.05, 0) is 67.9 Å². The molecular formula is C28H28IrNO3-. The van der Waals surface area contributed by atoms with E-state index in [1.807, 2.05) is 30.5 Å². The second-order valence-corrected chi connectivity index (χ2v) is 8.79. The van der Waals surface area contributed by atoms with Crippen LogP contribution >= 0.6 is 0 Å². The van der Waals surface area contributed by atoms with E-state index < -0.39 is 0 Å². The summed E-state index contributed by atoms with van der Waals surface area (Å²) in [4.78, 5) is 14.6. The molecule has 0 fully saturated rings. The summed E-state index contributed by atoms with van der Waals surface area (Å²) in [6, 6.07) is 17.9. The zero-order chi connectivity index (χ0) is 22.8. The van der Waals surface area contributed by atoms with Crippen molar-refractivity contribution >= 4 is 27.7 Å². The van der Waals surface area contributed by atoms with Crippen molar-refractivity contribution in [3.63, 3.8) is 0 Å². The van der Waals surface area contributed by atoms with Crippen LogP contribution in [0.25, 0.3) is 33.2 Å². The molecule has 0 saturated carbocycles. The first-order valence-corrected chi connectivity index (χ1v) is 11.0. The summed E-state index contributed by atoms with van der Waals surface area (Å²) >= 11 is 0. The molecule has 4 aromatic rings. The summed E-state index contributed by atoms with van der Waals surface area (Å²) in [7, 11) is 0. The van der Waals surface area contributed by atoms with Crippen molar-refractivity contribution in [2.24, 2.45) is 11.8 Å². The fraction of sp³-hybridized carbons (Fsp3) is 0.286. The van der Waals surface area contributed by atoms with Crippen molar-refractivity contribution in [1.29, 1.82) is 0 Å². The number of carbonyl (C=O) groups is 1. The maximum absolute atomic E-state index is 10.0. The monoisotopic (exact) mass is 619 g/mol. The first kappa shape index (κ1) is 24.9. The van der Waals surface area contributed by atoms with Gasteiger partial charge >= 0.3 is 0 Å². The second kappa shape index (κ2) is 10.5. The third-order valence-corrected chi connectivity index (χ3v) is 6.14. The topological polar surface area (TPSA) is 63.3 Å². The second-order valence-electron chi connectivity index (χ2n) is 8.79. The van der Waals surface area contributed by atoms with E-state index in [9.17, 15) is 4.79 Å². The Kier molecular flexibility index (Phi) is 7.88. The fourth-order valence-corrected chi connectivity index (χ4v) is 4.34. The number of benzene rings is 2. The summed E-state index contributed by atoms with van der Waals surface area (Å²) in [6.07, 6.45) is 5.34. The minimum Gasteiger partial charge on any atom is -0.512 e. The van der Waals surface area contributed by atoms with Crippen molar-refractivity contribution in [2.75, 3.05) is 0 Å². The van der Waals surface area contributed by atoms with Crippen LogP contribution in [-0.2, 0) is 37.7 Å². The Morgan fingerprint density at radius 2 is 1.79 bits per heavy atom. The van der Waals surface area contributed by atoms with Gasteiger partial charge in [0.1, 0.15) is 11.2 Å². The van der Waals surface area contributed by atoms with Gasteiger partial charge in [0.2, 0.25) is 0 Å². The molecule has 1 aliphatic carbocycles. The molecule has 2 unspecified atom stereocenters. The summed E-state index contributed by atoms with van der Waals surface area (Å²) < 4.78 is 6.28. The molecule has 2 aromatic carbocycles. The van der Waals surface area contributed by atoms with Crippen LogP contribution in [0.2, 0.25) is 0 Å². The van der Waals surface area contributed by atoms with Crippen LogP contribution in [-0.4, -0.2) is 15.9 Å². The molecule has 2 aromatic heterocycles. The molecule has 0 spiro atoms. The van der Waals surface area contributed by atoms with Crippen LogP contribution in [0.15, 0.2) is 64.9 Å². The van der Waals surface area contributed by atoms with Gasteiger partial charge in [0.15, 0.2) is 5.78 Å². The van der Waals surface area contributed by atoms with E-state index in [-0.39, 0.29) is 31.6 Å². The largest absolute Gasteiger partial charge is 0.512 e.